The lowest BCUT2D eigenvalue weighted by molar-refractivity contribution is 0.184. The van der Waals surface area contributed by atoms with E-state index in [2.05, 4.69) is 27.1 Å². The molecule has 2 heterocycles. The van der Waals surface area contributed by atoms with Gasteiger partial charge in [-0.05, 0) is 23.1 Å². The van der Waals surface area contributed by atoms with Crippen molar-refractivity contribution < 1.29 is 4.74 Å². The lowest BCUT2D eigenvalue weighted by Crippen LogP contribution is -2.02. The second-order valence-corrected chi connectivity index (χ2v) is 5.82. The summed E-state index contributed by atoms with van der Waals surface area (Å²) in [6, 6.07) is 10.1. The quantitative estimate of drug-likeness (QED) is 0.574. The molecule has 23 heavy (non-hydrogen) atoms. The van der Waals surface area contributed by atoms with Crippen molar-refractivity contribution in [2.75, 3.05) is 19.0 Å². The van der Waals surface area contributed by atoms with E-state index >= 15 is 0 Å². The van der Waals surface area contributed by atoms with Crippen LogP contribution in [0.3, 0.4) is 0 Å². The van der Waals surface area contributed by atoms with Crippen LogP contribution in [0.2, 0.25) is 0 Å². The summed E-state index contributed by atoms with van der Waals surface area (Å²) in [5, 5.41) is 6.42. The van der Waals surface area contributed by atoms with Crippen molar-refractivity contribution in [3.8, 4) is 11.8 Å². The van der Waals surface area contributed by atoms with Crippen molar-refractivity contribution in [2.24, 2.45) is 0 Å². The van der Waals surface area contributed by atoms with Gasteiger partial charge in [-0.25, -0.2) is 9.97 Å². The highest BCUT2D eigenvalue weighted by Gasteiger charge is 2.03. The zero-order valence-electron chi connectivity index (χ0n) is 12.9. The molecule has 3 aromatic rings. The Morgan fingerprint density at radius 2 is 2.13 bits per heavy atom. The predicted octanol–water partition coefficient (Wildman–Crippen LogP) is 3.69. The minimum absolute atomic E-state index is 0.584. The predicted molar refractivity (Wildman–Crippen MR) is 94.6 cm³/mol. The number of nitrogens with one attached hydrogen (secondary N) is 1. The molecule has 0 aliphatic carbocycles. The number of hydrogen-bond acceptors (Lipinski definition) is 5. The third kappa shape index (κ3) is 3.86. The number of thiophene rings is 1. The van der Waals surface area contributed by atoms with Crippen LogP contribution in [0.25, 0.3) is 10.2 Å². The van der Waals surface area contributed by atoms with Gasteiger partial charge in [0.2, 0.25) is 0 Å². The molecule has 1 aromatic carbocycles. The van der Waals surface area contributed by atoms with E-state index in [0.29, 0.717) is 6.61 Å². The zero-order chi connectivity index (χ0) is 15.9. The summed E-state index contributed by atoms with van der Waals surface area (Å²) in [7, 11) is 1.70. The Morgan fingerprint density at radius 3 is 3.04 bits per heavy atom. The average Bonchev–Trinajstić information content (AvgIpc) is 3.06. The Balaban J connectivity index is 1.60. The van der Waals surface area contributed by atoms with E-state index in [1.54, 1.807) is 24.8 Å². The number of rotatable bonds is 5. The highest BCUT2D eigenvalue weighted by atomic mass is 32.1. The molecular formula is C18H17N3OS. The van der Waals surface area contributed by atoms with Gasteiger partial charge in [-0.2, -0.15) is 0 Å². The van der Waals surface area contributed by atoms with Gasteiger partial charge in [-0.3, -0.25) is 0 Å². The van der Waals surface area contributed by atoms with Crippen LogP contribution in [0.1, 0.15) is 17.5 Å². The second kappa shape index (κ2) is 7.73. The van der Waals surface area contributed by atoms with E-state index in [9.17, 15) is 0 Å². The molecule has 0 aliphatic rings. The molecule has 116 valence electrons. The summed E-state index contributed by atoms with van der Waals surface area (Å²) < 4.78 is 5.19. The van der Waals surface area contributed by atoms with Gasteiger partial charge in [-0.15, -0.1) is 11.3 Å². The third-order valence-electron chi connectivity index (χ3n) is 3.34. The van der Waals surface area contributed by atoms with Crippen molar-refractivity contribution in [1.29, 1.82) is 0 Å². The number of anilines is 1. The average molecular weight is 323 g/mol. The molecule has 0 saturated heterocycles. The second-order valence-electron chi connectivity index (χ2n) is 4.93. The summed E-state index contributed by atoms with van der Waals surface area (Å²) in [4.78, 5) is 9.54. The normalized spacial score (nSPS) is 10.3. The van der Waals surface area contributed by atoms with Gasteiger partial charge in [0.1, 0.15) is 17.0 Å². The molecule has 1 N–H and O–H groups in total. The number of fused-ring (bicyclic) bond motifs is 1. The number of nitrogens with zero attached hydrogens (tertiary/aromatic N) is 2. The first kappa shape index (κ1) is 15.5. The fourth-order valence-electron chi connectivity index (χ4n) is 2.26. The van der Waals surface area contributed by atoms with Gasteiger partial charge in [0.25, 0.3) is 0 Å². The van der Waals surface area contributed by atoms with E-state index in [1.807, 2.05) is 35.7 Å². The first-order valence-corrected chi connectivity index (χ1v) is 8.24. The summed E-state index contributed by atoms with van der Waals surface area (Å²) in [5.41, 5.74) is 2.14. The van der Waals surface area contributed by atoms with Crippen molar-refractivity contribution in [3.63, 3.8) is 0 Å². The Labute approximate surface area is 139 Å². The fraction of sp³-hybridized carbons (Fsp3) is 0.222. The molecule has 0 aliphatic heterocycles. The monoisotopic (exact) mass is 323 g/mol. The smallest absolute Gasteiger partial charge is 0.138 e. The van der Waals surface area contributed by atoms with Crippen LogP contribution in [-0.4, -0.2) is 23.6 Å². The van der Waals surface area contributed by atoms with Crippen molar-refractivity contribution >= 4 is 27.4 Å². The standard InChI is InChI=1S/C18H17N3OS/c1-22-12-15-8-3-2-6-14(15)7-4-5-10-19-17-16-9-11-23-18(16)21-13-20-17/h2-3,6,8-9,11,13H,5,10,12H2,1H3,(H,19,20,21). The van der Waals surface area contributed by atoms with Crippen molar-refractivity contribution in [3.05, 3.63) is 53.2 Å². The summed E-state index contributed by atoms with van der Waals surface area (Å²) >= 11 is 1.62. The van der Waals surface area contributed by atoms with Crippen LogP contribution in [0.15, 0.2) is 42.0 Å². The Morgan fingerprint density at radius 1 is 1.22 bits per heavy atom. The van der Waals surface area contributed by atoms with Crippen LogP contribution >= 0.6 is 11.3 Å². The molecule has 2 aromatic heterocycles. The SMILES string of the molecule is COCc1ccccc1C#CCCNc1ncnc2sccc12. The molecule has 0 saturated carbocycles. The molecule has 0 bridgehead atoms. The van der Waals surface area contributed by atoms with E-state index in [1.165, 1.54) is 0 Å². The van der Waals surface area contributed by atoms with Crippen LogP contribution in [0.4, 0.5) is 5.82 Å². The van der Waals surface area contributed by atoms with Crippen molar-refractivity contribution in [2.45, 2.75) is 13.0 Å². The van der Waals surface area contributed by atoms with Gasteiger partial charge in [0, 0.05) is 25.6 Å². The molecule has 0 fully saturated rings. The molecular weight excluding hydrogens is 306 g/mol. The number of benzene rings is 1. The highest BCUT2D eigenvalue weighted by Crippen LogP contribution is 2.23. The first-order valence-electron chi connectivity index (χ1n) is 7.36. The maximum Gasteiger partial charge on any atom is 0.138 e. The van der Waals surface area contributed by atoms with E-state index < -0.39 is 0 Å². The van der Waals surface area contributed by atoms with E-state index in [0.717, 1.165) is 40.1 Å². The van der Waals surface area contributed by atoms with Crippen LogP contribution in [-0.2, 0) is 11.3 Å². The zero-order valence-corrected chi connectivity index (χ0v) is 13.7. The summed E-state index contributed by atoms with van der Waals surface area (Å²) in [5.74, 6) is 7.29. The number of ether oxygens (including phenoxy) is 1. The number of hydrogen-bond donors (Lipinski definition) is 1. The fourth-order valence-corrected chi connectivity index (χ4v) is 2.99. The van der Waals surface area contributed by atoms with E-state index in [4.69, 9.17) is 4.74 Å². The largest absolute Gasteiger partial charge is 0.380 e. The van der Waals surface area contributed by atoms with Crippen LogP contribution in [0.5, 0.6) is 0 Å². The Bertz CT molecular complexity index is 848. The molecule has 0 radical (unpaired) electrons. The van der Waals surface area contributed by atoms with Gasteiger partial charge in [-0.1, -0.05) is 30.0 Å². The molecule has 3 rings (SSSR count). The van der Waals surface area contributed by atoms with Crippen LogP contribution < -0.4 is 5.32 Å². The third-order valence-corrected chi connectivity index (χ3v) is 4.17. The van der Waals surface area contributed by atoms with E-state index in [-0.39, 0.29) is 0 Å². The molecule has 4 nitrogen and oxygen atoms in total. The Hall–Kier alpha value is -2.42. The van der Waals surface area contributed by atoms with Crippen molar-refractivity contribution in [1.82, 2.24) is 9.97 Å². The highest BCUT2D eigenvalue weighted by molar-refractivity contribution is 7.16. The molecule has 5 heteroatoms. The maximum atomic E-state index is 5.19. The van der Waals surface area contributed by atoms with Gasteiger partial charge >= 0.3 is 0 Å². The topological polar surface area (TPSA) is 47.0 Å². The van der Waals surface area contributed by atoms with Gasteiger partial charge in [0.05, 0.1) is 12.0 Å². The van der Waals surface area contributed by atoms with Gasteiger partial charge < -0.3 is 10.1 Å². The Kier molecular flexibility index (Phi) is 5.20. The lowest BCUT2D eigenvalue weighted by Gasteiger charge is -2.04. The molecule has 0 amide bonds. The molecule has 0 atom stereocenters. The number of methoxy groups -OCH3 is 1. The first-order chi connectivity index (χ1) is 11.4. The number of aromatic nitrogens is 2. The lowest BCUT2D eigenvalue weighted by atomic mass is 10.1. The molecule has 0 spiro atoms. The minimum atomic E-state index is 0.584. The van der Waals surface area contributed by atoms with Gasteiger partial charge in [0.15, 0.2) is 0 Å². The molecule has 0 unspecified atom stereocenters. The minimum Gasteiger partial charge on any atom is -0.380 e. The maximum absolute atomic E-state index is 5.19. The van der Waals surface area contributed by atoms with Crippen LogP contribution in [0, 0.1) is 11.8 Å². The summed E-state index contributed by atoms with van der Waals surface area (Å²) in [6.07, 6.45) is 2.34. The summed E-state index contributed by atoms with van der Waals surface area (Å²) in [6.45, 7) is 1.33.